The van der Waals surface area contributed by atoms with Crippen LogP contribution < -0.4 is 0 Å². The van der Waals surface area contributed by atoms with E-state index >= 15 is 0 Å². The fourth-order valence-corrected chi connectivity index (χ4v) is 1.18. The van der Waals surface area contributed by atoms with Gasteiger partial charge in [0.1, 0.15) is 0 Å². The molecule has 0 heterocycles. The first kappa shape index (κ1) is 7.65. The zero-order valence-corrected chi connectivity index (χ0v) is 7.74. The molecule has 0 fully saturated rings. The maximum atomic E-state index is 3.89. The van der Waals surface area contributed by atoms with Crippen LogP contribution in [0.25, 0.3) is 0 Å². The van der Waals surface area contributed by atoms with Crippen molar-refractivity contribution in [1.29, 1.82) is 0 Å². The Balaban J connectivity index is 2.95. The second kappa shape index (κ2) is 3.65. The van der Waals surface area contributed by atoms with Crippen molar-refractivity contribution in [1.82, 2.24) is 0 Å². The topological polar surface area (TPSA) is 24.7 Å². The second-order valence-electron chi connectivity index (χ2n) is 1.78. The Labute approximate surface area is 73.5 Å². The highest BCUT2D eigenvalue weighted by atomic mass is 127. The zero-order chi connectivity index (χ0) is 7.40. The average molecular weight is 246 g/mol. The van der Waals surface area contributed by atoms with E-state index in [0.29, 0.717) is 0 Å². The summed E-state index contributed by atoms with van der Waals surface area (Å²) < 4.78 is 1.18. The van der Waals surface area contributed by atoms with Gasteiger partial charge in [0.2, 0.25) is 0 Å². The molecule has 0 aliphatic heterocycles. The molecule has 0 saturated heterocycles. The smallest absolute Gasteiger partial charge is 0.0862 e. The standard InChI is InChI=1S/C7H7IN2/c1-9-10-7-4-2-3-6(8)5-7/h2-5H,1H3/b10-9-. The van der Waals surface area contributed by atoms with Gasteiger partial charge in [-0.2, -0.15) is 10.2 Å². The molecule has 0 aliphatic carbocycles. The molecule has 1 aromatic rings. The van der Waals surface area contributed by atoms with Crippen molar-refractivity contribution >= 4 is 28.3 Å². The Kier molecular flexibility index (Phi) is 2.80. The molecule has 0 spiro atoms. The maximum absolute atomic E-state index is 3.89. The minimum Gasteiger partial charge on any atom is -0.192 e. The maximum Gasteiger partial charge on any atom is 0.0862 e. The molecular weight excluding hydrogens is 239 g/mol. The summed E-state index contributed by atoms with van der Waals surface area (Å²) in [6, 6.07) is 7.89. The molecule has 0 radical (unpaired) electrons. The first-order valence-corrected chi connectivity index (χ1v) is 3.96. The number of hydrogen-bond acceptors (Lipinski definition) is 2. The molecule has 0 N–H and O–H groups in total. The van der Waals surface area contributed by atoms with Crippen LogP contribution in [-0.2, 0) is 0 Å². The van der Waals surface area contributed by atoms with Crippen LogP contribution in [0.1, 0.15) is 0 Å². The van der Waals surface area contributed by atoms with Crippen LogP contribution >= 0.6 is 22.6 Å². The van der Waals surface area contributed by atoms with Crippen LogP contribution in [0.5, 0.6) is 0 Å². The van der Waals surface area contributed by atoms with Gasteiger partial charge in [-0.3, -0.25) is 0 Å². The molecule has 10 heavy (non-hydrogen) atoms. The normalized spacial score (nSPS) is 10.6. The fraction of sp³-hybridized carbons (Fsp3) is 0.143. The van der Waals surface area contributed by atoms with E-state index in [0.717, 1.165) is 5.69 Å². The molecule has 0 bridgehead atoms. The lowest BCUT2D eigenvalue weighted by atomic mass is 10.3. The molecule has 0 unspecified atom stereocenters. The number of hydrogen-bond donors (Lipinski definition) is 0. The Morgan fingerprint density at radius 2 is 2.20 bits per heavy atom. The molecule has 3 heteroatoms. The second-order valence-corrected chi connectivity index (χ2v) is 3.03. The zero-order valence-electron chi connectivity index (χ0n) is 5.58. The van der Waals surface area contributed by atoms with Crippen LogP contribution in [-0.4, -0.2) is 7.05 Å². The van der Waals surface area contributed by atoms with E-state index in [4.69, 9.17) is 0 Å². The van der Waals surface area contributed by atoms with Crippen molar-refractivity contribution in [2.24, 2.45) is 10.2 Å². The summed E-state index contributed by atoms with van der Waals surface area (Å²) in [7, 11) is 1.67. The van der Waals surface area contributed by atoms with Gasteiger partial charge in [-0.1, -0.05) is 6.07 Å². The Morgan fingerprint density at radius 3 is 2.80 bits per heavy atom. The lowest BCUT2D eigenvalue weighted by Gasteiger charge is -1.90. The first-order valence-electron chi connectivity index (χ1n) is 2.88. The largest absolute Gasteiger partial charge is 0.192 e. The van der Waals surface area contributed by atoms with Gasteiger partial charge in [0.05, 0.1) is 5.69 Å². The summed E-state index contributed by atoms with van der Waals surface area (Å²) in [5.41, 5.74) is 0.911. The summed E-state index contributed by atoms with van der Waals surface area (Å²) >= 11 is 2.24. The van der Waals surface area contributed by atoms with Crippen molar-refractivity contribution in [2.75, 3.05) is 7.05 Å². The van der Waals surface area contributed by atoms with Crippen molar-refractivity contribution in [3.63, 3.8) is 0 Å². The van der Waals surface area contributed by atoms with E-state index < -0.39 is 0 Å². The van der Waals surface area contributed by atoms with Crippen LogP contribution in [0.4, 0.5) is 5.69 Å². The SMILES string of the molecule is C/N=N\c1cccc(I)c1. The third-order valence-corrected chi connectivity index (χ3v) is 1.69. The third kappa shape index (κ3) is 2.06. The molecule has 1 rings (SSSR count). The van der Waals surface area contributed by atoms with Gasteiger partial charge in [0.25, 0.3) is 0 Å². The number of rotatable bonds is 1. The van der Waals surface area contributed by atoms with E-state index in [1.165, 1.54) is 3.57 Å². The van der Waals surface area contributed by atoms with Crippen LogP contribution in [0.2, 0.25) is 0 Å². The van der Waals surface area contributed by atoms with Crippen molar-refractivity contribution < 1.29 is 0 Å². The Morgan fingerprint density at radius 1 is 1.40 bits per heavy atom. The van der Waals surface area contributed by atoms with E-state index in [1.54, 1.807) is 7.05 Å². The Hall–Kier alpha value is -0.450. The lowest BCUT2D eigenvalue weighted by molar-refractivity contribution is 1.17. The molecule has 52 valence electrons. The van der Waals surface area contributed by atoms with Crippen LogP contribution in [0.3, 0.4) is 0 Å². The Bertz CT molecular complexity index is 245. The quantitative estimate of drug-likeness (QED) is 0.537. The monoisotopic (exact) mass is 246 g/mol. The number of halogens is 1. The predicted molar refractivity (Wildman–Crippen MR) is 49.6 cm³/mol. The predicted octanol–water partition coefficient (Wildman–Crippen LogP) is 3.00. The number of nitrogens with zero attached hydrogens (tertiary/aromatic N) is 2. The van der Waals surface area contributed by atoms with Gasteiger partial charge in [-0.15, -0.1) is 0 Å². The van der Waals surface area contributed by atoms with E-state index in [9.17, 15) is 0 Å². The lowest BCUT2D eigenvalue weighted by Crippen LogP contribution is -1.66. The number of azo groups is 1. The summed E-state index contributed by atoms with van der Waals surface area (Å²) in [6.45, 7) is 0. The van der Waals surface area contributed by atoms with Gasteiger partial charge in [0.15, 0.2) is 0 Å². The summed E-state index contributed by atoms with van der Waals surface area (Å²) in [4.78, 5) is 0. The van der Waals surface area contributed by atoms with Crippen molar-refractivity contribution in [3.05, 3.63) is 27.8 Å². The van der Waals surface area contributed by atoms with Gasteiger partial charge in [-0.25, -0.2) is 0 Å². The summed E-state index contributed by atoms with van der Waals surface area (Å²) in [5.74, 6) is 0. The van der Waals surface area contributed by atoms with Gasteiger partial charge in [0, 0.05) is 10.6 Å². The minimum absolute atomic E-state index is 0.911. The molecular formula is C7H7IN2. The minimum atomic E-state index is 0.911. The van der Waals surface area contributed by atoms with Crippen LogP contribution in [0, 0.1) is 3.57 Å². The van der Waals surface area contributed by atoms with E-state index in [2.05, 4.69) is 32.8 Å². The molecule has 0 saturated carbocycles. The third-order valence-electron chi connectivity index (χ3n) is 1.02. The fourth-order valence-electron chi connectivity index (χ4n) is 0.654. The van der Waals surface area contributed by atoms with Gasteiger partial charge < -0.3 is 0 Å². The van der Waals surface area contributed by atoms with E-state index in [1.807, 2.05) is 24.3 Å². The molecule has 0 atom stereocenters. The van der Waals surface area contributed by atoms with E-state index in [-0.39, 0.29) is 0 Å². The summed E-state index contributed by atoms with van der Waals surface area (Å²) in [5, 5.41) is 7.56. The van der Waals surface area contributed by atoms with Gasteiger partial charge >= 0.3 is 0 Å². The molecule has 0 aliphatic rings. The summed E-state index contributed by atoms with van der Waals surface area (Å²) in [6.07, 6.45) is 0. The molecule has 2 nitrogen and oxygen atoms in total. The molecule has 0 aromatic heterocycles. The number of benzene rings is 1. The highest BCUT2D eigenvalue weighted by molar-refractivity contribution is 14.1. The molecule has 1 aromatic carbocycles. The first-order chi connectivity index (χ1) is 4.83. The van der Waals surface area contributed by atoms with Crippen molar-refractivity contribution in [2.45, 2.75) is 0 Å². The van der Waals surface area contributed by atoms with Crippen LogP contribution in [0.15, 0.2) is 34.5 Å². The average Bonchev–Trinajstić information content (AvgIpc) is 1.88. The van der Waals surface area contributed by atoms with Gasteiger partial charge in [-0.05, 0) is 40.8 Å². The highest BCUT2D eigenvalue weighted by Gasteiger charge is 1.87. The molecule has 0 amide bonds. The van der Waals surface area contributed by atoms with Crippen molar-refractivity contribution in [3.8, 4) is 0 Å². The highest BCUT2D eigenvalue weighted by Crippen LogP contribution is 2.15.